The summed E-state index contributed by atoms with van der Waals surface area (Å²) < 4.78 is 11.0. The van der Waals surface area contributed by atoms with Crippen LogP contribution in [0.3, 0.4) is 0 Å². The van der Waals surface area contributed by atoms with Gasteiger partial charge in [-0.1, -0.05) is 37.3 Å². The molecule has 0 atom stereocenters. The minimum Gasteiger partial charge on any atom is -0.484 e. The maximum absolute atomic E-state index is 12.6. The molecule has 1 amide bonds. The molecule has 0 unspecified atom stereocenters. The molecule has 7 nitrogen and oxygen atoms in total. The van der Waals surface area contributed by atoms with E-state index in [2.05, 4.69) is 23.1 Å². The number of thiocarbonyl (C=S) groups is 1. The number of hydrazine groups is 1. The van der Waals surface area contributed by atoms with Crippen molar-refractivity contribution in [3.8, 4) is 16.9 Å². The molecule has 0 aliphatic carbocycles. The molecule has 0 fully saturated rings. The summed E-state index contributed by atoms with van der Waals surface area (Å²) in [6, 6.07) is 14.6. The number of aryl methyl sites for hydroxylation is 1. The van der Waals surface area contributed by atoms with Gasteiger partial charge in [-0.05, 0) is 41.9 Å². The Balaban J connectivity index is 1.90. The van der Waals surface area contributed by atoms with E-state index in [9.17, 15) is 9.59 Å². The average Bonchev–Trinajstić information content (AvgIpc) is 2.70. The third-order valence-electron chi connectivity index (χ3n) is 4.10. The van der Waals surface area contributed by atoms with Gasteiger partial charge in [0.2, 0.25) is 0 Å². The summed E-state index contributed by atoms with van der Waals surface area (Å²) in [6.45, 7) is 1.73. The fraction of sp³-hybridized carbons (Fsp3) is 0.150. The second-order valence-electron chi connectivity index (χ2n) is 5.95. The molecule has 1 heterocycles. The Hall–Kier alpha value is -3.39. The van der Waals surface area contributed by atoms with E-state index in [0.717, 1.165) is 16.5 Å². The van der Waals surface area contributed by atoms with Crippen LogP contribution < -0.4 is 26.9 Å². The Morgan fingerprint density at radius 1 is 1.18 bits per heavy atom. The lowest BCUT2D eigenvalue weighted by Gasteiger charge is -2.12. The van der Waals surface area contributed by atoms with Crippen molar-refractivity contribution in [2.45, 2.75) is 13.3 Å². The topological polar surface area (TPSA) is 107 Å². The van der Waals surface area contributed by atoms with E-state index < -0.39 is 11.5 Å². The first-order chi connectivity index (χ1) is 13.5. The van der Waals surface area contributed by atoms with Crippen LogP contribution in [0.4, 0.5) is 0 Å². The molecule has 28 heavy (non-hydrogen) atoms. The third kappa shape index (κ3) is 4.29. The lowest BCUT2D eigenvalue weighted by Crippen LogP contribution is -2.46. The largest absolute Gasteiger partial charge is 0.484 e. The molecule has 8 heteroatoms. The minimum atomic E-state index is -0.456. The number of amides is 1. The number of ether oxygens (including phenoxy) is 1. The second kappa shape index (κ2) is 8.53. The Morgan fingerprint density at radius 2 is 1.93 bits per heavy atom. The maximum Gasteiger partial charge on any atom is 0.344 e. The van der Waals surface area contributed by atoms with E-state index in [1.807, 2.05) is 43.3 Å². The van der Waals surface area contributed by atoms with Gasteiger partial charge in [0.15, 0.2) is 11.7 Å². The highest BCUT2D eigenvalue weighted by Gasteiger charge is 2.15. The number of hydrogen-bond acceptors (Lipinski definition) is 5. The molecule has 0 aliphatic heterocycles. The van der Waals surface area contributed by atoms with Gasteiger partial charge in [-0.15, -0.1) is 0 Å². The molecule has 0 bridgehead atoms. The molecule has 1 aromatic heterocycles. The van der Waals surface area contributed by atoms with E-state index in [-0.39, 0.29) is 11.7 Å². The van der Waals surface area contributed by atoms with Gasteiger partial charge in [-0.3, -0.25) is 15.6 Å². The molecule has 0 saturated carbocycles. The minimum absolute atomic E-state index is 0.0536. The summed E-state index contributed by atoms with van der Waals surface area (Å²) in [4.78, 5) is 24.3. The second-order valence-corrected chi connectivity index (χ2v) is 6.39. The number of carbonyl (C=O) groups is 1. The Labute approximate surface area is 166 Å². The van der Waals surface area contributed by atoms with Crippen molar-refractivity contribution in [3.05, 3.63) is 64.5 Å². The van der Waals surface area contributed by atoms with Gasteiger partial charge in [-0.2, -0.15) is 0 Å². The monoisotopic (exact) mass is 397 g/mol. The number of nitrogens with one attached hydrogen (secondary N) is 2. The predicted molar refractivity (Wildman–Crippen MR) is 111 cm³/mol. The lowest BCUT2D eigenvalue weighted by molar-refractivity contribution is -0.123. The van der Waals surface area contributed by atoms with E-state index >= 15 is 0 Å². The van der Waals surface area contributed by atoms with Crippen LogP contribution in [0.1, 0.15) is 12.5 Å². The molecule has 0 saturated heterocycles. The Morgan fingerprint density at radius 3 is 2.61 bits per heavy atom. The van der Waals surface area contributed by atoms with Gasteiger partial charge in [0.1, 0.15) is 11.3 Å². The molecule has 144 valence electrons. The van der Waals surface area contributed by atoms with Crippen LogP contribution >= 0.6 is 12.2 Å². The highest BCUT2D eigenvalue weighted by molar-refractivity contribution is 7.80. The third-order valence-corrected chi connectivity index (χ3v) is 4.20. The van der Waals surface area contributed by atoms with Crippen molar-refractivity contribution < 1.29 is 13.9 Å². The van der Waals surface area contributed by atoms with Crippen LogP contribution in [0.2, 0.25) is 0 Å². The van der Waals surface area contributed by atoms with Crippen molar-refractivity contribution >= 4 is 34.2 Å². The lowest BCUT2D eigenvalue weighted by atomic mass is 9.97. The number of hydrogen-bond donors (Lipinski definition) is 3. The first kappa shape index (κ1) is 19.4. The first-order valence-corrected chi connectivity index (χ1v) is 9.02. The summed E-state index contributed by atoms with van der Waals surface area (Å²) in [5, 5.41) is 0.773. The van der Waals surface area contributed by atoms with Gasteiger partial charge in [0.05, 0.1) is 5.56 Å². The summed E-state index contributed by atoms with van der Waals surface area (Å²) in [5.41, 5.74) is 12.1. The van der Waals surface area contributed by atoms with E-state index in [0.29, 0.717) is 23.3 Å². The fourth-order valence-electron chi connectivity index (χ4n) is 2.92. The van der Waals surface area contributed by atoms with Crippen LogP contribution in [-0.2, 0) is 11.2 Å². The molecule has 2 aromatic carbocycles. The molecule has 3 aromatic rings. The van der Waals surface area contributed by atoms with E-state index in [1.165, 1.54) is 0 Å². The normalized spacial score (nSPS) is 10.5. The summed E-state index contributed by atoms with van der Waals surface area (Å²) in [7, 11) is 0. The van der Waals surface area contributed by atoms with Crippen molar-refractivity contribution in [1.82, 2.24) is 10.9 Å². The quantitative estimate of drug-likeness (QED) is 0.344. The fourth-order valence-corrected chi connectivity index (χ4v) is 2.97. The van der Waals surface area contributed by atoms with Crippen LogP contribution in [-0.4, -0.2) is 17.6 Å². The van der Waals surface area contributed by atoms with Crippen molar-refractivity contribution in [3.63, 3.8) is 0 Å². The van der Waals surface area contributed by atoms with Gasteiger partial charge >= 0.3 is 5.63 Å². The number of carbonyl (C=O) groups excluding carboxylic acids is 1. The first-order valence-electron chi connectivity index (χ1n) is 8.62. The zero-order valence-corrected chi connectivity index (χ0v) is 16.0. The van der Waals surface area contributed by atoms with E-state index in [1.54, 1.807) is 12.1 Å². The number of benzene rings is 2. The highest BCUT2D eigenvalue weighted by atomic mass is 32.1. The summed E-state index contributed by atoms with van der Waals surface area (Å²) in [5.74, 6) is -0.0568. The van der Waals surface area contributed by atoms with Crippen LogP contribution in [0.5, 0.6) is 5.75 Å². The van der Waals surface area contributed by atoms with Gasteiger partial charge < -0.3 is 14.9 Å². The van der Waals surface area contributed by atoms with Crippen molar-refractivity contribution in [2.24, 2.45) is 5.73 Å². The van der Waals surface area contributed by atoms with E-state index in [4.69, 9.17) is 14.9 Å². The van der Waals surface area contributed by atoms with Crippen molar-refractivity contribution in [2.75, 3.05) is 6.61 Å². The zero-order valence-electron chi connectivity index (χ0n) is 15.2. The highest BCUT2D eigenvalue weighted by Crippen LogP contribution is 2.29. The number of fused-ring (bicyclic) bond motifs is 1. The van der Waals surface area contributed by atoms with Crippen LogP contribution in [0.15, 0.2) is 57.7 Å². The SMILES string of the molecule is CCc1c(-c2ccccc2)c(=O)oc2cc(OCC(=O)NNC(N)=S)ccc12. The van der Waals surface area contributed by atoms with Gasteiger partial charge in [0.25, 0.3) is 5.91 Å². The van der Waals surface area contributed by atoms with Gasteiger partial charge in [0, 0.05) is 11.5 Å². The van der Waals surface area contributed by atoms with Crippen LogP contribution in [0, 0.1) is 0 Å². The molecular weight excluding hydrogens is 378 g/mol. The molecule has 0 radical (unpaired) electrons. The summed E-state index contributed by atoms with van der Waals surface area (Å²) >= 11 is 4.60. The zero-order chi connectivity index (χ0) is 20.1. The smallest absolute Gasteiger partial charge is 0.344 e. The van der Waals surface area contributed by atoms with Gasteiger partial charge in [-0.25, -0.2) is 4.79 Å². The Bertz CT molecular complexity index is 1080. The number of rotatable bonds is 5. The molecule has 0 aliphatic rings. The standard InChI is InChI=1S/C20H19N3O4S/c1-2-14-15-9-8-13(26-11-17(24)22-23-20(21)28)10-16(15)27-19(25)18(14)12-6-4-3-5-7-12/h3-10H,2,11H2,1H3,(H,22,24)(H3,21,23,28). The molecule has 0 spiro atoms. The predicted octanol–water partition coefficient (Wildman–Crippen LogP) is 2.27. The Kier molecular flexibility index (Phi) is 5.90. The number of nitrogens with two attached hydrogens (primary N) is 1. The average molecular weight is 397 g/mol. The maximum atomic E-state index is 12.6. The van der Waals surface area contributed by atoms with Crippen LogP contribution in [0.25, 0.3) is 22.1 Å². The summed E-state index contributed by atoms with van der Waals surface area (Å²) in [6.07, 6.45) is 0.666. The van der Waals surface area contributed by atoms with Crippen molar-refractivity contribution in [1.29, 1.82) is 0 Å². The molecule has 4 N–H and O–H groups in total. The molecule has 3 rings (SSSR count). The molecular formula is C20H19N3O4S.